The standard InChI is InChI=1S/C13H12F3NO5S/c14-13(15,16)9-3-1-2-4-11(9)23(21,22)8-5-10(12(19)20)17(6-8)7-18/h1-4,7-8,10H,5-6H2,(H,19,20). The van der Waals surface area contributed by atoms with Crippen molar-refractivity contribution in [2.24, 2.45) is 0 Å². The van der Waals surface area contributed by atoms with Gasteiger partial charge in [-0.3, -0.25) is 4.79 Å². The van der Waals surface area contributed by atoms with Crippen molar-refractivity contribution in [3.05, 3.63) is 29.8 Å². The third kappa shape index (κ3) is 3.16. The van der Waals surface area contributed by atoms with Gasteiger partial charge in [0.1, 0.15) is 6.04 Å². The lowest BCUT2D eigenvalue weighted by Gasteiger charge is -2.16. The van der Waals surface area contributed by atoms with Gasteiger partial charge in [-0.2, -0.15) is 13.2 Å². The highest BCUT2D eigenvalue weighted by Gasteiger charge is 2.45. The highest BCUT2D eigenvalue weighted by atomic mass is 32.2. The second-order valence-corrected chi connectivity index (χ2v) is 7.25. The van der Waals surface area contributed by atoms with Crippen LogP contribution in [0, 0.1) is 0 Å². The van der Waals surface area contributed by atoms with Gasteiger partial charge in [-0.15, -0.1) is 0 Å². The SMILES string of the molecule is O=CN1CC(S(=O)(=O)c2ccccc2C(F)(F)F)CC1C(=O)O. The number of carbonyl (C=O) groups is 2. The molecule has 0 aromatic heterocycles. The number of nitrogens with zero attached hydrogens (tertiary/aromatic N) is 1. The van der Waals surface area contributed by atoms with Crippen molar-refractivity contribution in [2.75, 3.05) is 6.54 Å². The van der Waals surface area contributed by atoms with Crippen molar-refractivity contribution in [1.82, 2.24) is 4.90 Å². The van der Waals surface area contributed by atoms with Gasteiger partial charge in [-0.05, 0) is 18.6 Å². The summed E-state index contributed by atoms with van der Waals surface area (Å²) in [7, 11) is -4.45. The maximum atomic E-state index is 13.0. The van der Waals surface area contributed by atoms with E-state index in [2.05, 4.69) is 0 Å². The third-order valence-electron chi connectivity index (χ3n) is 3.66. The van der Waals surface area contributed by atoms with Crippen LogP contribution in [0.3, 0.4) is 0 Å². The Hall–Kier alpha value is -2.10. The Morgan fingerprint density at radius 3 is 2.39 bits per heavy atom. The number of alkyl halides is 3. The first-order chi connectivity index (χ1) is 10.6. The molecule has 126 valence electrons. The Morgan fingerprint density at radius 1 is 1.30 bits per heavy atom. The van der Waals surface area contributed by atoms with Gasteiger partial charge in [-0.1, -0.05) is 12.1 Å². The van der Waals surface area contributed by atoms with Crippen molar-refractivity contribution in [1.29, 1.82) is 0 Å². The van der Waals surface area contributed by atoms with E-state index in [9.17, 15) is 31.2 Å². The first kappa shape index (κ1) is 17.3. The molecule has 0 aliphatic carbocycles. The highest BCUT2D eigenvalue weighted by molar-refractivity contribution is 7.92. The lowest BCUT2D eigenvalue weighted by atomic mass is 10.2. The molecule has 2 rings (SSSR count). The zero-order chi connectivity index (χ0) is 17.4. The Kier molecular flexibility index (Phi) is 4.38. The molecule has 2 atom stereocenters. The van der Waals surface area contributed by atoms with Gasteiger partial charge in [0.2, 0.25) is 6.41 Å². The fourth-order valence-electron chi connectivity index (χ4n) is 2.53. The molecular formula is C13H12F3NO5S. The number of aliphatic carboxylic acids is 1. The van der Waals surface area contributed by atoms with Gasteiger partial charge in [0.25, 0.3) is 0 Å². The molecule has 1 aliphatic rings. The molecule has 1 aromatic rings. The number of carbonyl (C=O) groups excluding carboxylic acids is 1. The number of amides is 1. The van der Waals surface area contributed by atoms with E-state index in [1.165, 1.54) is 0 Å². The molecular weight excluding hydrogens is 339 g/mol. The summed E-state index contributed by atoms with van der Waals surface area (Å²) in [6, 6.07) is 2.33. The van der Waals surface area contributed by atoms with Crippen LogP contribution in [0.1, 0.15) is 12.0 Å². The number of hydrogen-bond acceptors (Lipinski definition) is 4. The zero-order valence-electron chi connectivity index (χ0n) is 11.5. The van der Waals surface area contributed by atoms with Crippen LogP contribution < -0.4 is 0 Å². The number of hydrogen-bond donors (Lipinski definition) is 1. The van der Waals surface area contributed by atoms with E-state index < -0.39 is 56.7 Å². The molecule has 0 spiro atoms. The van der Waals surface area contributed by atoms with Crippen LogP contribution in [-0.4, -0.2) is 48.6 Å². The molecule has 0 saturated carbocycles. The molecule has 1 fully saturated rings. The predicted octanol–water partition coefficient (Wildman–Crippen LogP) is 1.16. The van der Waals surface area contributed by atoms with E-state index in [4.69, 9.17) is 5.11 Å². The maximum absolute atomic E-state index is 13.0. The number of halogens is 3. The van der Waals surface area contributed by atoms with Gasteiger partial charge in [0, 0.05) is 6.54 Å². The van der Waals surface area contributed by atoms with Crippen LogP contribution in [-0.2, 0) is 25.6 Å². The lowest BCUT2D eigenvalue weighted by molar-refractivity contribution is -0.144. The lowest BCUT2D eigenvalue weighted by Crippen LogP contribution is -2.34. The first-order valence-corrected chi connectivity index (χ1v) is 7.97. The minimum Gasteiger partial charge on any atom is -0.480 e. The summed E-state index contributed by atoms with van der Waals surface area (Å²) in [5, 5.41) is 7.57. The molecule has 1 heterocycles. The van der Waals surface area contributed by atoms with E-state index in [-0.39, 0.29) is 6.41 Å². The van der Waals surface area contributed by atoms with E-state index in [1.807, 2.05) is 0 Å². The van der Waals surface area contributed by atoms with Crippen molar-refractivity contribution in [3.8, 4) is 0 Å². The molecule has 6 nitrogen and oxygen atoms in total. The van der Waals surface area contributed by atoms with Crippen LogP contribution in [0.2, 0.25) is 0 Å². The van der Waals surface area contributed by atoms with Crippen molar-refractivity contribution in [2.45, 2.75) is 28.8 Å². The Bertz CT molecular complexity index is 731. The Balaban J connectivity index is 2.45. The highest BCUT2D eigenvalue weighted by Crippen LogP contribution is 2.37. The van der Waals surface area contributed by atoms with E-state index in [0.717, 1.165) is 23.1 Å². The molecule has 2 unspecified atom stereocenters. The molecule has 10 heteroatoms. The number of carboxylic acid groups (broad SMARTS) is 1. The predicted molar refractivity (Wildman–Crippen MR) is 71.2 cm³/mol. The largest absolute Gasteiger partial charge is 0.480 e. The molecule has 23 heavy (non-hydrogen) atoms. The third-order valence-corrected chi connectivity index (χ3v) is 5.85. The summed E-state index contributed by atoms with van der Waals surface area (Å²) in [6.45, 7) is -0.463. The maximum Gasteiger partial charge on any atom is 0.417 e. The summed E-state index contributed by atoms with van der Waals surface area (Å²) in [4.78, 5) is 21.7. The van der Waals surface area contributed by atoms with Gasteiger partial charge in [-0.25, -0.2) is 13.2 Å². The fraction of sp³-hybridized carbons (Fsp3) is 0.385. The van der Waals surface area contributed by atoms with Crippen LogP contribution in [0.15, 0.2) is 29.2 Å². The number of rotatable bonds is 4. The number of sulfone groups is 1. The van der Waals surface area contributed by atoms with Crippen LogP contribution in [0.25, 0.3) is 0 Å². The number of carboxylic acids is 1. The van der Waals surface area contributed by atoms with Gasteiger partial charge >= 0.3 is 12.1 Å². The van der Waals surface area contributed by atoms with Gasteiger partial charge < -0.3 is 10.0 Å². The van der Waals surface area contributed by atoms with Crippen LogP contribution >= 0.6 is 0 Å². The average molecular weight is 351 g/mol. The minimum absolute atomic E-state index is 0.184. The summed E-state index contributed by atoms with van der Waals surface area (Å²) < 4.78 is 64.0. The quantitative estimate of drug-likeness (QED) is 0.822. The monoisotopic (exact) mass is 351 g/mol. The number of benzene rings is 1. The molecule has 0 bridgehead atoms. The first-order valence-electron chi connectivity index (χ1n) is 6.43. The van der Waals surface area contributed by atoms with Crippen molar-refractivity contribution >= 4 is 22.2 Å². The number of likely N-dealkylation sites (tertiary alicyclic amines) is 1. The second kappa shape index (κ2) is 5.84. The van der Waals surface area contributed by atoms with Crippen LogP contribution in [0.4, 0.5) is 13.2 Å². The van der Waals surface area contributed by atoms with E-state index in [0.29, 0.717) is 6.07 Å². The smallest absolute Gasteiger partial charge is 0.417 e. The molecule has 1 amide bonds. The molecule has 1 aliphatic heterocycles. The normalized spacial score (nSPS) is 22.1. The summed E-state index contributed by atoms with van der Waals surface area (Å²) in [6.07, 6.45) is -5.13. The molecule has 1 aromatic carbocycles. The Labute approximate surface area is 129 Å². The molecule has 1 N–H and O–H groups in total. The van der Waals surface area contributed by atoms with E-state index in [1.54, 1.807) is 0 Å². The Morgan fingerprint density at radius 2 is 1.91 bits per heavy atom. The molecule has 1 saturated heterocycles. The minimum atomic E-state index is -4.86. The van der Waals surface area contributed by atoms with E-state index >= 15 is 0 Å². The fourth-order valence-corrected chi connectivity index (χ4v) is 4.46. The summed E-state index contributed by atoms with van der Waals surface area (Å²) in [5.41, 5.74) is -1.31. The van der Waals surface area contributed by atoms with Gasteiger partial charge in [0.05, 0.1) is 15.7 Å². The molecule has 0 radical (unpaired) electrons. The summed E-state index contributed by atoms with van der Waals surface area (Å²) >= 11 is 0. The van der Waals surface area contributed by atoms with Crippen molar-refractivity contribution in [3.63, 3.8) is 0 Å². The van der Waals surface area contributed by atoms with Gasteiger partial charge in [0.15, 0.2) is 9.84 Å². The average Bonchev–Trinajstić information content (AvgIpc) is 2.91. The van der Waals surface area contributed by atoms with Crippen LogP contribution in [0.5, 0.6) is 0 Å². The summed E-state index contributed by atoms with van der Waals surface area (Å²) in [5.74, 6) is -1.40. The second-order valence-electron chi connectivity index (χ2n) is 5.05. The van der Waals surface area contributed by atoms with Crippen molar-refractivity contribution < 1.29 is 36.3 Å². The zero-order valence-corrected chi connectivity index (χ0v) is 12.3. The topological polar surface area (TPSA) is 91.8 Å².